The number of carbonyl (C=O) groups is 3. The highest BCUT2D eigenvalue weighted by atomic mass is 32.2. The van der Waals surface area contributed by atoms with E-state index in [0.717, 1.165) is 9.21 Å². The van der Waals surface area contributed by atoms with Gasteiger partial charge in [-0.25, -0.2) is 12.7 Å². The van der Waals surface area contributed by atoms with Gasteiger partial charge in [0, 0.05) is 26.9 Å². The molecular formula is C15H19N3O6S. The number of imide groups is 1. The third-order valence-corrected chi connectivity index (χ3v) is 5.49. The van der Waals surface area contributed by atoms with Gasteiger partial charge in [0.1, 0.15) is 12.3 Å². The summed E-state index contributed by atoms with van der Waals surface area (Å²) >= 11 is 0. The summed E-state index contributed by atoms with van der Waals surface area (Å²) in [6, 6.07) is 4.04. The van der Waals surface area contributed by atoms with Crippen molar-refractivity contribution in [3.63, 3.8) is 0 Å². The molecule has 0 bridgehead atoms. The lowest BCUT2D eigenvalue weighted by Crippen LogP contribution is -2.37. The van der Waals surface area contributed by atoms with Crippen LogP contribution in [0.25, 0.3) is 0 Å². The summed E-state index contributed by atoms with van der Waals surface area (Å²) in [6.45, 7) is -0.425. The quantitative estimate of drug-likeness (QED) is 0.708. The maximum Gasteiger partial charge on any atom is 0.244 e. The zero-order valence-electron chi connectivity index (χ0n) is 14.1. The van der Waals surface area contributed by atoms with Gasteiger partial charge in [0.15, 0.2) is 0 Å². The first kappa shape index (κ1) is 18.9. The van der Waals surface area contributed by atoms with Crippen LogP contribution in [0.5, 0.6) is 5.75 Å². The van der Waals surface area contributed by atoms with Crippen LogP contribution in [0.1, 0.15) is 12.8 Å². The van der Waals surface area contributed by atoms with E-state index in [4.69, 9.17) is 4.74 Å². The van der Waals surface area contributed by atoms with E-state index in [1.54, 1.807) is 0 Å². The average Bonchev–Trinajstić information content (AvgIpc) is 2.86. The molecule has 1 aliphatic heterocycles. The number of hydrogen-bond donors (Lipinski definition) is 1. The third kappa shape index (κ3) is 3.97. The zero-order chi connectivity index (χ0) is 18.8. The Bertz CT molecular complexity index is 803. The molecule has 0 aromatic heterocycles. The maximum atomic E-state index is 12.2. The summed E-state index contributed by atoms with van der Waals surface area (Å²) in [7, 11) is 0.464. The van der Waals surface area contributed by atoms with E-state index in [2.05, 4.69) is 5.32 Å². The van der Waals surface area contributed by atoms with Crippen molar-refractivity contribution in [2.45, 2.75) is 17.7 Å². The minimum atomic E-state index is -3.69. The molecule has 1 aromatic carbocycles. The van der Waals surface area contributed by atoms with E-state index in [1.807, 2.05) is 0 Å². The third-order valence-electron chi connectivity index (χ3n) is 3.68. The van der Waals surface area contributed by atoms with Crippen LogP contribution >= 0.6 is 0 Å². The first-order valence-corrected chi connectivity index (χ1v) is 8.84. The van der Waals surface area contributed by atoms with Gasteiger partial charge in [0.05, 0.1) is 17.7 Å². The number of carbonyl (C=O) groups excluding carboxylic acids is 3. The Morgan fingerprint density at radius 2 is 1.84 bits per heavy atom. The van der Waals surface area contributed by atoms with E-state index in [0.29, 0.717) is 0 Å². The van der Waals surface area contributed by atoms with Crippen LogP contribution in [0, 0.1) is 0 Å². The molecule has 0 radical (unpaired) electrons. The molecule has 0 unspecified atom stereocenters. The normalized spacial score (nSPS) is 15.0. The SMILES string of the molecule is COc1ccc(S(=O)(=O)N(C)C)cc1NC(=O)CN1C(=O)CCC1=O. The standard InChI is InChI=1S/C15H19N3O6S/c1-17(2)25(22,23)10-4-5-12(24-3)11(8-10)16-13(19)9-18-14(20)6-7-15(18)21/h4-5,8H,6-7,9H2,1-3H3,(H,16,19). The molecule has 25 heavy (non-hydrogen) atoms. The lowest BCUT2D eigenvalue weighted by atomic mass is 10.3. The molecule has 1 fully saturated rings. The van der Waals surface area contributed by atoms with Crippen molar-refractivity contribution in [2.75, 3.05) is 33.1 Å². The predicted octanol–water partition coefficient (Wildman–Crippen LogP) is 0.0330. The molecule has 2 rings (SSSR count). The number of methoxy groups -OCH3 is 1. The fraction of sp³-hybridized carbons (Fsp3) is 0.400. The number of sulfonamides is 1. The average molecular weight is 369 g/mol. The highest BCUT2D eigenvalue weighted by Crippen LogP contribution is 2.28. The van der Waals surface area contributed by atoms with Crippen LogP contribution in [0.4, 0.5) is 5.69 Å². The summed E-state index contributed by atoms with van der Waals surface area (Å²) in [4.78, 5) is 36.1. The molecule has 0 spiro atoms. The number of amides is 3. The van der Waals surface area contributed by atoms with E-state index in [9.17, 15) is 22.8 Å². The molecule has 1 saturated heterocycles. The van der Waals surface area contributed by atoms with Gasteiger partial charge in [-0.1, -0.05) is 0 Å². The van der Waals surface area contributed by atoms with E-state index in [-0.39, 0.29) is 29.2 Å². The lowest BCUT2D eigenvalue weighted by Gasteiger charge is -2.17. The first-order valence-electron chi connectivity index (χ1n) is 7.40. The van der Waals surface area contributed by atoms with Crippen LogP contribution in [-0.2, 0) is 24.4 Å². The molecule has 0 saturated carbocycles. The van der Waals surface area contributed by atoms with Gasteiger partial charge in [0.25, 0.3) is 0 Å². The van der Waals surface area contributed by atoms with Gasteiger partial charge in [-0.05, 0) is 18.2 Å². The predicted molar refractivity (Wildman–Crippen MR) is 88.5 cm³/mol. The summed E-state index contributed by atoms with van der Waals surface area (Å²) in [5.74, 6) is -1.18. The van der Waals surface area contributed by atoms with Gasteiger partial charge < -0.3 is 10.1 Å². The molecule has 1 heterocycles. The number of rotatable bonds is 6. The Kier molecular flexibility index (Phi) is 5.43. The number of benzene rings is 1. The molecule has 9 nitrogen and oxygen atoms in total. The molecule has 1 aliphatic rings. The number of nitrogens with one attached hydrogen (secondary N) is 1. The van der Waals surface area contributed by atoms with Gasteiger partial charge >= 0.3 is 0 Å². The molecule has 0 aliphatic carbocycles. The molecular weight excluding hydrogens is 350 g/mol. The Morgan fingerprint density at radius 3 is 2.36 bits per heavy atom. The monoisotopic (exact) mass is 369 g/mol. The topological polar surface area (TPSA) is 113 Å². The maximum absolute atomic E-state index is 12.2. The molecule has 0 atom stereocenters. The van der Waals surface area contributed by atoms with Crippen molar-refractivity contribution in [3.8, 4) is 5.75 Å². The second-order valence-corrected chi connectivity index (χ2v) is 7.72. The molecule has 3 amide bonds. The second-order valence-electron chi connectivity index (χ2n) is 5.57. The highest BCUT2D eigenvalue weighted by Gasteiger charge is 2.30. The van der Waals surface area contributed by atoms with Crippen LogP contribution in [-0.4, -0.2) is 63.1 Å². The Balaban J connectivity index is 2.24. The number of anilines is 1. The fourth-order valence-electron chi connectivity index (χ4n) is 2.29. The number of ether oxygens (including phenoxy) is 1. The molecule has 1 aromatic rings. The summed E-state index contributed by atoms with van der Waals surface area (Å²) in [6.07, 6.45) is 0.179. The second kappa shape index (κ2) is 7.19. The van der Waals surface area contributed by atoms with Gasteiger partial charge in [-0.2, -0.15) is 0 Å². The molecule has 1 N–H and O–H groups in total. The van der Waals surface area contributed by atoms with Crippen molar-refractivity contribution in [3.05, 3.63) is 18.2 Å². The van der Waals surface area contributed by atoms with Crippen molar-refractivity contribution in [2.24, 2.45) is 0 Å². The zero-order valence-corrected chi connectivity index (χ0v) is 14.9. The van der Waals surface area contributed by atoms with Crippen molar-refractivity contribution < 1.29 is 27.5 Å². The Labute approximate surface area is 145 Å². The molecule has 10 heteroatoms. The van der Waals surface area contributed by atoms with Crippen molar-refractivity contribution in [1.82, 2.24) is 9.21 Å². The van der Waals surface area contributed by atoms with E-state index in [1.165, 1.54) is 39.4 Å². The van der Waals surface area contributed by atoms with E-state index < -0.39 is 34.3 Å². The van der Waals surface area contributed by atoms with Crippen LogP contribution in [0.15, 0.2) is 23.1 Å². The smallest absolute Gasteiger partial charge is 0.244 e. The van der Waals surface area contributed by atoms with Crippen LogP contribution in [0.3, 0.4) is 0 Å². The lowest BCUT2D eigenvalue weighted by molar-refractivity contribution is -0.141. The van der Waals surface area contributed by atoms with Crippen molar-refractivity contribution >= 4 is 33.4 Å². The summed E-state index contributed by atoms with van der Waals surface area (Å²) in [5, 5.41) is 2.49. The Morgan fingerprint density at radius 1 is 1.24 bits per heavy atom. The Hall–Kier alpha value is -2.46. The number of hydrogen-bond acceptors (Lipinski definition) is 6. The minimum absolute atomic E-state index is 0.0260. The first-order chi connectivity index (χ1) is 11.7. The largest absolute Gasteiger partial charge is 0.495 e. The minimum Gasteiger partial charge on any atom is -0.495 e. The summed E-state index contributed by atoms with van der Waals surface area (Å²) < 4.78 is 30.6. The summed E-state index contributed by atoms with van der Waals surface area (Å²) in [5.41, 5.74) is 0.134. The van der Waals surface area contributed by atoms with Crippen molar-refractivity contribution in [1.29, 1.82) is 0 Å². The molecule has 136 valence electrons. The van der Waals surface area contributed by atoms with Gasteiger partial charge in [-0.3, -0.25) is 19.3 Å². The van der Waals surface area contributed by atoms with Gasteiger partial charge in [-0.15, -0.1) is 0 Å². The number of likely N-dealkylation sites (tertiary alicyclic amines) is 1. The van der Waals surface area contributed by atoms with Crippen LogP contribution < -0.4 is 10.1 Å². The van der Waals surface area contributed by atoms with Crippen LogP contribution in [0.2, 0.25) is 0 Å². The van der Waals surface area contributed by atoms with E-state index >= 15 is 0 Å². The number of nitrogens with zero attached hydrogens (tertiary/aromatic N) is 2. The highest BCUT2D eigenvalue weighted by molar-refractivity contribution is 7.89. The fourth-order valence-corrected chi connectivity index (χ4v) is 3.22. The van der Waals surface area contributed by atoms with Gasteiger partial charge in [0.2, 0.25) is 27.7 Å².